The van der Waals surface area contributed by atoms with Crippen molar-refractivity contribution in [1.82, 2.24) is 20.9 Å². The lowest BCUT2D eigenvalue weighted by molar-refractivity contribution is -0.136. The largest absolute Gasteiger partial charge is 0.322 e. The van der Waals surface area contributed by atoms with Crippen LogP contribution < -0.4 is 16.0 Å². The Morgan fingerprint density at radius 1 is 1.17 bits per heavy atom. The van der Waals surface area contributed by atoms with Crippen LogP contribution in [0.15, 0.2) is 18.2 Å². The second-order valence-corrected chi connectivity index (χ2v) is 11.1. The molecule has 2 atom stereocenters. The van der Waals surface area contributed by atoms with Crippen LogP contribution in [-0.4, -0.2) is 66.7 Å². The number of hydrogen-bond donors (Lipinski definition) is 3. The van der Waals surface area contributed by atoms with E-state index in [2.05, 4.69) is 16.0 Å². The summed E-state index contributed by atoms with van der Waals surface area (Å²) in [6, 6.07) is 4.87. The molecule has 3 fully saturated rings. The lowest BCUT2D eigenvalue weighted by Gasteiger charge is -2.42. The molecule has 1 aromatic carbocycles. The Hall–Kier alpha value is -2.30. The van der Waals surface area contributed by atoms with E-state index in [-0.39, 0.29) is 30.0 Å². The van der Waals surface area contributed by atoms with Crippen molar-refractivity contribution in [3.05, 3.63) is 34.9 Å². The molecule has 4 aliphatic heterocycles. The molecular formula is C20H24N4O5S. The molecule has 4 heterocycles. The maximum Gasteiger partial charge on any atom is 0.255 e. The van der Waals surface area contributed by atoms with Crippen molar-refractivity contribution in [1.29, 1.82) is 0 Å². The average Bonchev–Trinajstić information content (AvgIpc) is 3.13. The second-order valence-electron chi connectivity index (χ2n) is 8.60. The lowest BCUT2D eigenvalue weighted by Crippen LogP contribution is -2.69. The summed E-state index contributed by atoms with van der Waals surface area (Å²) in [5.74, 6) is -0.704. The molecule has 9 nitrogen and oxygen atoms in total. The standard InChI is InChI=1S/C20H24N4O5S/c25-17-4-3-15(18(26)23-17)24-9-13-7-12(1-2-14(13)19(24)27)8-22-16-5-6-30(28,29)20(16)10-21-11-20/h1-2,7,15-16,21-22H,3-6,8-11H2,(H,23,25,26). The van der Waals surface area contributed by atoms with E-state index < -0.39 is 26.5 Å². The molecule has 0 saturated carbocycles. The molecule has 30 heavy (non-hydrogen) atoms. The molecule has 10 heteroatoms. The molecule has 0 bridgehead atoms. The third kappa shape index (κ3) is 2.89. The van der Waals surface area contributed by atoms with Crippen molar-refractivity contribution < 1.29 is 22.8 Å². The van der Waals surface area contributed by atoms with Gasteiger partial charge in [-0.25, -0.2) is 8.42 Å². The highest BCUT2D eigenvalue weighted by Crippen LogP contribution is 2.36. The number of carbonyl (C=O) groups is 3. The van der Waals surface area contributed by atoms with E-state index in [1.54, 1.807) is 6.07 Å². The number of imide groups is 1. The molecule has 1 spiro atoms. The Morgan fingerprint density at radius 2 is 1.97 bits per heavy atom. The molecule has 1 aromatic rings. The third-order valence-corrected chi connectivity index (χ3v) is 9.50. The fraction of sp³-hybridized carbons (Fsp3) is 0.550. The average molecular weight is 433 g/mol. The van der Waals surface area contributed by atoms with E-state index >= 15 is 0 Å². The number of fused-ring (bicyclic) bond motifs is 1. The third-order valence-electron chi connectivity index (χ3n) is 6.92. The summed E-state index contributed by atoms with van der Waals surface area (Å²) < 4.78 is 24.2. The number of piperidine rings is 1. The summed E-state index contributed by atoms with van der Waals surface area (Å²) in [6.07, 6.45) is 1.18. The number of sulfone groups is 1. The predicted molar refractivity (Wildman–Crippen MR) is 107 cm³/mol. The number of benzene rings is 1. The highest BCUT2D eigenvalue weighted by atomic mass is 32.2. The molecule has 3 saturated heterocycles. The van der Waals surface area contributed by atoms with E-state index in [0.717, 1.165) is 11.1 Å². The van der Waals surface area contributed by atoms with Crippen molar-refractivity contribution in [2.75, 3.05) is 18.8 Å². The van der Waals surface area contributed by atoms with E-state index in [9.17, 15) is 22.8 Å². The Morgan fingerprint density at radius 3 is 2.67 bits per heavy atom. The zero-order valence-electron chi connectivity index (χ0n) is 16.4. The molecule has 2 unspecified atom stereocenters. The first-order chi connectivity index (χ1) is 14.3. The van der Waals surface area contributed by atoms with E-state index in [1.807, 2.05) is 12.1 Å². The summed E-state index contributed by atoms with van der Waals surface area (Å²) in [7, 11) is -3.09. The molecule has 3 N–H and O–H groups in total. The highest BCUT2D eigenvalue weighted by molar-refractivity contribution is 7.93. The van der Waals surface area contributed by atoms with Gasteiger partial charge in [-0.05, 0) is 30.0 Å². The molecule has 5 rings (SSSR count). The van der Waals surface area contributed by atoms with Gasteiger partial charge in [-0.3, -0.25) is 19.7 Å². The van der Waals surface area contributed by atoms with Gasteiger partial charge in [0.15, 0.2) is 9.84 Å². The first-order valence-corrected chi connectivity index (χ1v) is 11.9. The summed E-state index contributed by atoms with van der Waals surface area (Å²) in [6.45, 7) is 1.83. The Bertz CT molecular complexity index is 1050. The van der Waals surface area contributed by atoms with Gasteiger partial charge in [-0.1, -0.05) is 12.1 Å². The molecule has 0 aliphatic carbocycles. The monoisotopic (exact) mass is 432 g/mol. The normalized spacial score (nSPS) is 29.1. The Balaban J connectivity index is 1.28. The van der Waals surface area contributed by atoms with Crippen LogP contribution >= 0.6 is 0 Å². The summed E-state index contributed by atoms with van der Waals surface area (Å²) in [5, 5.41) is 8.81. The number of rotatable bonds is 4. The lowest BCUT2D eigenvalue weighted by atomic mass is 9.91. The van der Waals surface area contributed by atoms with Crippen LogP contribution in [0.2, 0.25) is 0 Å². The Kier molecular flexibility index (Phi) is 4.49. The number of nitrogens with zero attached hydrogens (tertiary/aromatic N) is 1. The molecular weight excluding hydrogens is 408 g/mol. The number of amides is 3. The summed E-state index contributed by atoms with van der Waals surface area (Å²) in [4.78, 5) is 37.9. The minimum absolute atomic E-state index is 0.0846. The van der Waals surface area contributed by atoms with Crippen molar-refractivity contribution in [3.63, 3.8) is 0 Å². The van der Waals surface area contributed by atoms with E-state index in [1.165, 1.54) is 4.90 Å². The molecule has 3 amide bonds. The van der Waals surface area contributed by atoms with Crippen molar-refractivity contribution in [2.24, 2.45) is 0 Å². The van der Waals surface area contributed by atoms with Crippen LogP contribution in [0.5, 0.6) is 0 Å². The smallest absolute Gasteiger partial charge is 0.255 e. The van der Waals surface area contributed by atoms with Crippen LogP contribution in [0.3, 0.4) is 0 Å². The number of carbonyl (C=O) groups excluding carboxylic acids is 3. The first-order valence-electron chi connectivity index (χ1n) is 10.2. The van der Waals surface area contributed by atoms with Crippen LogP contribution in [0.1, 0.15) is 40.7 Å². The maximum atomic E-state index is 12.8. The van der Waals surface area contributed by atoms with Crippen molar-refractivity contribution >= 4 is 27.6 Å². The van der Waals surface area contributed by atoms with Gasteiger partial charge in [0.2, 0.25) is 11.8 Å². The highest BCUT2D eigenvalue weighted by Gasteiger charge is 2.58. The molecule has 0 aromatic heterocycles. The minimum atomic E-state index is -3.09. The Labute approximate surface area is 174 Å². The fourth-order valence-corrected chi connectivity index (χ4v) is 7.29. The second kappa shape index (κ2) is 6.86. The number of nitrogens with one attached hydrogen (secondary N) is 3. The van der Waals surface area contributed by atoms with Gasteiger partial charge >= 0.3 is 0 Å². The fourth-order valence-electron chi connectivity index (χ4n) is 5.06. The molecule has 0 radical (unpaired) electrons. The van der Waals surface area contributed by atoms with Gasteiger partial charge in [-0.15, -0.1) is 0 Å². The van der Waals surface area contributed by atoms with Crippen LogP contribution in [0.4, 0.5) is 0 Å². The summed E-state index contributed by atoms with van der Waals surface area (Å²) in [5.41, 5.74) is 2.40. The van der Waals surface area contributed by atoms with Gasteiger partial charge in [-0.2, -0.15) is 0 Å². The van der Waals surface area contributed by atoms with Gasteiger partial charge in [0, 0.05) is 44.2 Å². The number of hydrogen-bond acceptors (Lipinski definition) is 7. The topological polar surface area (TPSA) is 125 Å². The van der Waals surface area contributed by atoms with Crippen LogP contribution in [0, 0.1) is 0 Å². The quantitative estimate of drug-likeness (QED) is 0.525. The van der Waals surface area contributed by atoms with Gasteiger partial charge in [0.25, 0.3) is 5.91 Å². The first kappa shape index (κ1) is 19.7. The maximum absolute atomic E-state index is 12.8. The minimum Gasteiger partial charge on any atom is -0.322 e. The zero-order chi connectivity index (χ0) is 21.1. The van der Waals surface area contributed by atoms with Crippen LogP contribution in [-0.2, 0) is 32.5 Å². The van der Waals surface area contributed by atoms with Gasteiger partial charge in [0.1, 0.15) is 10.8 Å². The van der Waals surface area contributed by atoms with E-state index in [4.69, 9.17) is 0 Å². The van der Waals surface area contributed by atoms with Crippen LogP contribution in [0.25, 0.3) is 0 Å². The van der Waals surface area contributed by atoms with Gasteiger partial charge < -0.3 is 15.5 Å². The molecule has 4 aliphatic rings. The van der Waals surface area contributed by atoms with Crippen molar-refractivity contribution in [2.45, 2.75) is 49.2 Å². The SMILES string of the molecule is O=C1CCC(N2Cc3cc(CNC4CCS(=O)(=O)C45CNC5)ccc3C2=O)C(=O)N1. The van der Waals surface area contributed by atoms with E-state index in [0.29, 0.717) is 44.6 Å². The summed E-state index contributed by atoms with van der Waals surface area (Å²) >= 11 is 0. The molecule has 160 valence electrons. The predicted octanol–water partition coefficient (Wildman–Crippen LogP) is -0.934. The van der Waals surface area contributed by atoms with Crippen molar-refractivity contribution in [3.8, 4) is 0 Å². The van der Waals surface area contributed by atoms with Gasteiger partial charge in [0.05, 0.1) is 5.75 Å². The zero-order valence-corrected chi connectivity index (χ0v) is 17.3.